The second kappa shape index (κ2) is 8.53. The summed E-state index contributed by atoms with van der Waals surface area (Å²) in [6, 6.07) is 9.72. The van der Waals surface area contributed by atoms with Gasteiger partial charge in [0.2, 0.25) is 0 Å². The van der Waals surface area contributed by atoms with E-state index in [-0.39, 0.29) is 5.92 Å². The number of ether oxygens (including phenoxy) is 1. The number of carboxylic acids is 1. The van der Waals surface area contributed by atoms with Crippen molar-refractivity contribution in [2.75, 3.05) is 26.2 Å². The van der Waals surface area contributed by atoms with E-state index in [0.717, 1.165) is 25.3 Å². The Bertz CT molecular complexity index is 367. The van der Waals surface area contributed by atoms with Crippen LogP contribution in [0.3, 0.4) is 0 Å². The summed E-state index contributed by atoms with van der Waals surface area (Å²) >= 11 is 0. The summed E-state index contributed by atoms with van der Waals surface area (Å²) in [5, 5.41) is 8.90. The Hall–Kier alpha value is -1.55. The first-order chi connectivity index (χ1) is 9.13. The van der Waals surface area contributed by atoms with Crippen molar-refractivity contribution >= 4 is 5.97 Å². The number of aliphatic carboxylic acids is 1. The minimum absolute atomic E-state index is 0.324. The summed E-state index contributed by atoms with van der Waals surface area (Å²) in [4.78, 5) is 13.0. The Kier molecular flexibility index (Phi) is 6.97. The zero-order valence-electron chi connectivity index (χ0n) is 11.7. The minimum atomic E-state index is -0.737. The number of para-hydroxylation sites is 1. The van der Waals surface area contributed by atoms with E-state index in [4.69, 9.17) is 9.84 Å². The Balaban J connectivity index is 2.21. The Morgan fingerprint density at radius 1 is 1.37 bits per heavy atom. The Labute approximate surface area is 115 Å². The van der Waals surface area contributed by atoms with Gasteiger partial charge in [0.15, 0.2) is 0 Å². The first-order valence-electron chi connectivity index (χ1n) is 6.76. The number of nitrogens with zero attached hydrogens (tertiary/aromatic N) is 1. The number of hydrogen-bond donors (Lipinski definition) is 1. The van der Waals surface area contributed by atoms with Crippen molar-refractivity contribution in [3.05, 3.63) is 30.3 Å². The molecule has 106 valence electrons. The van der Waals surface area contributed by atoms with Gasteiger partial charge in [0.25, 0.3) is 0 Å². The van der Waals surface area contributed by atoms with Crippen LogP contribution < -0.4 is 4.74 Å². The predicted octanol–water partition coefficient (Wildman–Crippen LogP) is 2.50. The van der Waals surface area contributed by atoms with Crippen LogP contribution in [0.15, 0.2) is 30.3 Å². The van der Waals surface area contributed by atoms with Crippen LogP contribution in [-0.2, 0) is 4.79 Å². The summed E-state index contributed by atoms with van der Waals surface area (Å²) < 4.78 is 5.61. The number of rotatable bonds is 9. The second-order valence-electron chi connectivity index (χ2n) is 4.65. The molecule has 1 aromatic rings. The molecule has 1 rings (SSSR count). The maximum absolute atomic E-state index is 10.8. The molecule has 0 spiro atoms. The molecule has 0 fully saturated rings. The summed E-state index contributed by atoms with van der Waals surface area (Å²) in [5.74, 6) is -0.182. The van der Waals surface area contributed by atoms with E-state index >= 15 is 0 Å². The molecular formula is C15H23NO3. The van der Waals surface area contributed by atoms with Crippen molar-refractivity contribution in [2.24, 2.45) is 5.92 Å². The highest BCUT2D eigenvalue weighted by molar-refractivity contribution is 5.69. The van der Waals surface area contributed by atoms with Gasteiger partial charge >= 0.3 is 5.97 Å². The standard InChI is InChI=1S/C15H23NO3/c1-3-16(12-13(2)15(17)18)10-7-11-19-14-8-5-4-6-9-14/h4-6,8-9,13H,3,7,10-12H2,1-2H3,(H,17,18). The molecule has 0 aliphatic carbocycles. The third kappa shape index (κ3) is 6.25. The zero-order valence-corrected chi connectivity index (χ0v) is 11.7. The van der Waals surface area contributed by atoms with Crippen LogP contribution in [-0.4, -0.2) is 42.2 Å². The van der Waals surface area contributed by atoms with Crippen LogP contribution in [0.4, 0.5) is 0 Å². The van der Waals surface area contributed by atoms with Crippen molar-refractivity contribution in [3.8, 4) is 5.75 Å². The maximum atomic E-state index is 10.8. The monoisotopic (exact) mass is 265 g/mol. The normalized spacial score (nSPS) is 12.4. The molecule has 1 unspecified atom stereocenters. The summed E-state index contributed by atoms with van der Waals surface area (Å²) in [7, 11) is 0. The first-order valence-corrected chi connectivity index (χ1v) is 6.76. The van der Waals surface area contributed by atoms with Crippen LogP contribution in [0.1, 0.15) is 20.3 Å². The molecular weight excluding hydrogens is 242 g/mol. The summed E-state index contributed by atoms with van der Waals surface area (Å²) in [6.45, 7) is 6.77. The molecule has 0 saturated carbocycles. The molecule has 0 aliphatic heterocycles. The molecule has 4 nitrogen and oxygen atoms in total. The maximum Gasteiger partial charge on any atom is 0.307 e. The van der Waals surface area contributed by atoms with Crippen molar-refractivity contribution in [1.82, 2.24) is 4.90 Å². The minimum Gasteiger partial charge on any atom is -0.494 e. The molecule has 1 atom stereocenters. The van der Waals surface area contributed by atoms with Crippen LogP contribution in [0.25, 0.3) is 0 Å². The van der Waals surface area contributed by atoms with Crippen LogP contribution in [0.2, 0.25) is 0 Å². The number of carboxylic acid groups (broad SMARTS) is 1. The fraction of sp³-hybridized carbons (Fsp3) is 0.533. The van der Waals surface area contributed by atoms with E-state index in [1.165, 1.54) is 0 Å². The van der Waals surface area contributed by atoms with Gasteiger partial charge in [-0.25, -0.2) is 0 Å². The van der Waals surface area contributed by atoms with Crippen molar-refractivity contribution in [2.45, 2.75) is 20.3 Å². The van der Waals surface area contributed by atoms with Crippen LogP contribution in [0.5, 0.6) is 5.75 Å². The van der Waals surface area contributed by atoms with Gasteiger partial charge in [-0.05, 0) is 25.1 Å². The summed E-state index contributed by atoms with van der Waals surface area (Å²) in [6.07, 6.45) is 0.898. The van der Waals surface area contributed by atoms with Gasteiger partial charge in [0.05, 0.1) is 12.5 Å². The van der Waals surface area contributed by atoms with E-state index in [1.54, 1.807) is 6.92 Å². The van der Waals surface area contributed by atoms with Gasteiger partial charge in [-0.1, -0.05) is 32.0 Å². The molecule has 0 saturated heterocycles. The lowest BCUT2D eigenvalue weighted by molar-refractivity contribution is -0.141. The molecule has 0 aromatic heterocycles. The number of carbonyl (C=O) groups is 1. The molecule has 0 amide bonds. The highest BCUT2D eigenvalue weighted by Crippen LogP contribution is 2.08. The quantitative estimate of drug-likeness (QED) is 0.697. The van der Waals surface area contributed by atoms with Crippen LogP contribution >= 0.6 is 0 Å². The largest absolute Gasteiger partial charge is 0.494 e. The second-order valence-corrected chi connectivity index (χ2v) is 4.65. The average molecular weight is 265 g/mol. The number of benzene rings is 1. The molecule has 0 bridgehead atoms. The highest BCUT2D eigenvalue weighted by atomic mass is 16.5. The fourth-order valence-electron chi connectivity index (χ4n) is 1.84. The molecule has 1 N–H and O–H groups in total. The lowest BCUT2D eigenvalue weighted by atomic mass is 10.1. The van der Waals surface area contributed by atoms with Gasteiger partial charge in [0.1, 0.15) is 5.75 Å². The van der Waals surface area contributed by atoms with E-state index in [9.17, 15) is 4.79 Å². The Morgan fingerprint density at radius 3 is 2.63 bits per heavy atom. The molecule has 0 radical (unpaired) electrons. The Morgan fingerprint density at radius 2 is 2.05 bits per heavy atom. The fourth-order valence-corrected chi connectivity index (χ4v) is 1.84. The third-order valence-electron chi connectivity index (χ3n) is 3.03. The predicted molar refractivity (Wildman–Crippen MR) is 75.5 cm³/mol. The van der Waals surface area contributed by atoms with Gasteiger partial charge < -0.3 is 14.7 Å². The molecule has 0 heterocycles. The SMILES string of the molecule is CCN(CCCOc1ccccc1)CC(C)C(=O)O. The van der Waals surface area contributed by atoms with Gasteiger partial charge in [0, 0.05) is 13.1 Å². The number of hydrogen-bond acceptors (Lipinski definition) is 3. The zero-order chi connectivity index (χ0) is 14.1. The van der Waals surface area contributed by atoms with Crippen molar-refractivity contribution in [1.29, 1.82) is 0 Å². The molecule has 1 aromatic carbocycles. The molecule has 0 aliphatic rings. The van der Waals surface area contributed by atoms with Gasteiger partial charge in [-0.15, -0.1) is 0 Å². The van der Waals surface area contributed by atoms with Gasteiger partial charge in [-0.3, -0.25) is 4.79 Å². The van der Waals surface area contributed by atoms with Crippen LogP contribution in [0, 0.1) is 5.92 Å². The first kappa shape index (κ1) is 15.5. The third-order valence-corrected chi connectivity index (χ3v) is 3.03. The topological polar surface area (TPSA) is 49.8 Å². The highest BCUT2D eigenvalue weighted by Gasteiger charge is 2.14. The summed E-state index contributed by atoms with van der Waals surface area (Å²) in [5.41, 5.74) is 0. The van der Waals surface area contributed by atoms with E-state index < -0.39 is 5.97 Å². The molecule has 19 heavy (non-hydrogen) atoms. The van der Waals surface area contributed by atoms with E-state index in [1.807, 2.05) is 37.3 Å². The lowest BCUT2D eigenvalue weighted by Crippen LogP contribution is -2.33. The average Bonchev–Trinajstić information content (AvgIpc) is 2.43. The van der Waals surface area contributed by atoms with Gasteiger partial charge in [-0.2, -0.15) is 0 Å². The lowest BCUT2D eigenvalue weighted by Gasteiger charge is -2.22. The molecule has 4 heteroatoms. The van der Waals surface area contributed by atoms with E-state index in [0.29, 0.717) is 13.2 Å². The van der Waals surface area contributed by atoms with Crippen molar-refractivity contribution in [3.63, 3.8) is 0 Å². The van der Waals surface area contributed by atoms with Crippen molar-refractivity contribution < 1.29 is 14.6 Å². The van der Waals surface area contributed by atoms with E-state index in [2.05, 4.69) is 4.90 Å². The smallest absolute Gasteiger partial charge is 0.307 e.